The summed E-state index contributed by atoms with van der Waals surface area (Å²) in [5, 5.41) is 5.50. The van der Waals surface area contributed by atoms with Gasteiger partial charge < -0.3 is 5.32 Å². The van der Waals surface area contributed by atoms with E-state index in [-0.39, 0.29) is 17.8 Å². The van der Waals surface area contributed by atoms with E-state index in [2.05, 4.69) is 10.4 Å². The van der Waals surface area contributed by atoms with Crippen molar-refractivity contribution >= 4 is 5.91 Å². The summed E-state index contributed by atoms with van der Waals surface area (Å²) in [5.41, 5.74) is 0.804. The number of nitrogens with one attached hydrogen (secondary N) is 2. The lowest BCUT2D eigenvalue weighted by Crippen LogP contribution is -2.36. The van der Waals surface area contributed by atoms with E-state index < -0.39 is 11.1 Å². The van der Waals surface area contributed by atoms with Crippen LogP contribution in [0.5, 0.6) is 0 Å². The molecule has 0 saturated heterocycles. The SMILES string of the molecule is O=C(NC(c1ccc(F)cc1)C1CCC1)c1cccc(-n2[nH]c(=O)ccc2=O)c1. The normalized spacial score (nSPS) is 14.8. The number of hydrogen-bond donors (Lipinski definition) is 2. The first-order valence-corrected chi connectivity index (χ1v) is 9.50. The molecule has 1 atom stereocenters. The van der Waals surface area contributed by atoms with Crippen molar-refractivity contribution in [3.63, 3.8) is 0 Å². The van der Waals surface area contributed by atoms with Gasteiger partial charge in [0.25, 0.3) is 17.0 Å². The van der Waals surface area contributed by atoms with Crippen LogP contribution >= 0.6 is 0 Å². The molecule has 1 aliphatic carbocycles. The highest BCUT2D eigenvalue weighted by Crippen LogP contribution is 2.38. The summed E-state index contributed by atoms with van der Waals surface area (Å²) in [7, 11) is 0. The number of benzene rings is 2. The van der Waals surface area contributed by atoms with Gasteiger partial charge in [-0.1, -0.05) is 24.6 Å². The lowest BCUT2D eigenvalue weighted by atomic mass is 9.77. The number of aromatic amines is 1. The molecule has 2 aromatic carbocycles. The fourth-order valence-electron chi connectivity index (χ4n) is 3.54. The number of carbonyl (C=O) groups excluding carboxylic acids is 1. The minimum absolute atomic E-state index is 0.209. The summed E-state index contributed by atoms with van der Waals surface area (Å²) < 4.78 is 14.4. The number of rotatable bonds is 5. The molecule has 1 heterocycles. The number of nitrogens with zero attached hydrogens (tertiary/aromatic N) is 1. The second-order valence-corrected chi connectivity index (χ2v) is 7.23. The van der Waals surface area contributed by atoms with Gasteiger partial charge in [0.15, 0.2) is 0 Å². The zero-order valence-corrected chi connectivity index (χ0v) is 15.6. The molecule has 0 aliphatic heterocycles. The smallest absolute Gasteiger partial charge is 0.269 e. The molecule has 0 bridgehead atoms. The van der Waals surface area contributed by atoms with E-state index in [1.54, 1.807) is 36.4 Å². The van der Waals surface area contributed by atoms with E-state index in [4.69, 9.17) is 0 Å². The number of hydrogen-bond acceptors (Lipinski definition) is 3. The molecule has 6 nitrogen and oxygen atoms in total. The Morgan fingerprint density at radius 1 is 1.07 bits per heavy atom. The van der Waals surface area contributed by atoms with Gasteiger partial charge in [-0.15, -0.1) is 0 Å². The van der Waals surface area contributed by atoms with Crippen molar-refractivity contribution in [3.8, 4) is 5.69 Å². The van der Waals surface area contributed by atoms with E-state index in [1.165, 1.54) is 18.2 Å². The standard InChI is InChI=1S/C22H20FN3O3/c23-17-9-7-15(8-10-17)21(14-3-1-4-14)24-22(29)16-5-2-6-18(13-16)26-20(28)12-11-19(27)25-26/h2,5-14,21H,1,3-4H2,(H,24,29)(H,25,27). The monoisotopic (exact) mass is 393 g/mol. The van der Waals surface area contributed by atoms with Crippen molar-refractivity contribution in [2.24, 2.45) is 5.92 Å². The van der Waals surface area contributed by atoms with Crippen LogP contribution < -0.4 is 16.4 Å². The van der Waals surface area contributed by atoms with Crippen LogP contribution in [-0.4, -0.2) is 15.7 Å². The molecular weight excluding hydrogens is 373 g/mol. The summed E-state index contributed by atoms with van der Waals surface area (Å²) in [6.07, 6.45) is 3.12. The van der Waals surface area contributed by atoms with Gasteiger partial charge in [0, 0.05) is 17.7 Å². The van der Waals surface area contributed by atoms with Crippen molar-refractivity contribution in [1.82, 2.24) is 15.1 Å². The van der Waals surface area contributed by atoms with Crippen LogP contribution in [0.3, 0.4) is 0 Å². The predicted molar refractivity (Wildman–Crippen MR) is 107 cm³/mol. The van der Waals surface area contributed by atoms with Crippen molar-refractivity contribution in [1.29, 1.82) is 0 Å². The maximum absolute atomic E-state index is 13.3. The highest BCUT2D eigenvalue weighted by atomic mass is 19.1. The molecule has 148 valence electrons. The van der Waals surface area contributed by atoms with E-state index >= 15 is 0 Å². The first-order chi connectivity index (χ1) is 14.0. The van der Waals surface area contributed by atoms with Crippen molar-refractivity contribution < 1.29 is 9.18 Å². The Bertz CT molecular complexity index is 1150. The minimum Gasteiger partial charge on any atom is -0.345 e. The molecule has 1 aromatic heterocycles. The summed E-state index contributed by atoms with van der Waals surface area (Å²) >= 11 is 0. The van der Waals surface area contributed by atoms with Crippen LogP contribution in [-0.2, 0) is 0 Å². The van der Waals surface area contributed by atoms with Crippen LogP contribution in [0.1, 0.15) is 41.2 Å². The third kappa shape index (κ3) is 4.03. The Balaban J connectivity index is 1.61. The maximum atomic E-state index is 13.3. The quantitative estimate of drug-likeness (QED) is 0.699. The average molecular weight is 393 g/mol. The summed E-state index contributed by atoms with van der Waals surface area (Å²) in [4.78, 5) is 36.5. The highest BCUT2D eigenvalue weighted by molar-refractivity contribution is 5.95. The van der Waals surface area contributed by atoms with E-state index in [1.807, 2.05) is 0 Å². The van der Waals surface area contributed by atoms with Gasteiger partial charge >= 0.3 is 0 Å². The predicted octanol–water partition coefficient (Wildman–Crippen LogP) is 2.94. The summed E-state index contributed by atoms with van der Waals surface area (Å²) in [6.45, 7) is 0. The largest absolute Gasteiger partial charge is 0.345 e. The third-order valence-electron chi connectivity index (χ3n) is 5.32. The Hall–Kier alpha value is -3.48. The van der Waals surface area contributed by atoms with Gasteiger partial charge in [-0.25, -0.2) is 9.07 Å². The molecular formula is C22H20FN3O3. The van der Waals surface area contributed by atoms with Gasteiger partial charge in [0.1, 0.15) is 5.82 Å². The molecule has 1 fully saturated rings. The summed E-state index contributed by atoms with van der Waals surface area (Å²) in [5.74, 6) is -0.303. The van der Waals surface area contributed by atoms with Crippen LogP contribution in [0.25, 0.3) is 5.69 Å². The van der Waals surface area contributed by atoms with Crippen LogP contribution in [0.4, 0.5) is 4.39 Å². The fraction of sp³-hybridized carbons (Fsp3) is 0.227. The number of carbonyl (C=O) groups is 1. The van der Waals surface area contributed by atoms with Gasteiger partial charge in [-0.2, -0.15) is 0 Å². The van der Waals surface area contributed by atoms with Crippen LogP contribution in [0, 0.1) is 11.7 Å². The van der Waals surface area contributed by atoms with Crippen LogP contribution in [0.2, 0.25) is 0 Å². The molecule has 7 heteroatoms. The fourth-order valence-corrected chi connectivity index (χ4v) is 3.54. The topological polar surface area (TPSA) is 84.0 Å². The number of halogens is 1. The zero-order chi connectivity index (χ0) is 20.4. The van der Waals surface area contributed by atoms with E-state index in [0.717, 1.165) is 35.6 Å². The molecule has 2 N–H and O–H groups in total. The molecule has 1 unspecified atom stereocenters. The second-order valence-electron chi connectivity index (χ2n) is 7.23. The third-order valence-corrected chi connectivity index (χ3v) is 5.32. The second kappa shape index (κ2) is 7.87. The summed E-state index contributed by atoms with van der Waals surface area (Å²) in [6, 6.07) is 14.8. The molecule has 4 rings (SSSR count). The van der Waals surface area contributed by atoms with Gasteiger partial charge in [-0.05, 0) is 54.7 Å². The Kier molecular flexibility index (Phi) is 5.12. The molecule has 1 saturated carbocycles. The Morgan fingerprint density at radius 2 is 1.83 bits per heavy atom. The highest BCUT2D eigenvalue weighted by Gasteiger charge is 2.30. The number of amides is 1. The molecule has 1 aliphatic rings. The van der Waals surface area contributed by atoms with Crippen molar-refractivity contribution in [2.45, 2.75) is 25.3 Å². The lowest BCUT2D eigenvalue weighted by Gasteiger charge is -2.34. The molecule has 0 spiro atoms. The maximum Gasteiger partial charge on any atom is 0.269 e. The Morgan fingerprint density at radius 3 is 2.52 bits per heavy atom. The van der Waals surface area contributed by atoms with Gasteiger partial charge in [-0.3, -0.25) is 19.5 Å². The number of aromatic nitrogens is 2. The minimum atomic E-state index is -0.416. The van der Waals surface area contributed by atoms with Gasteiger partial charge in [0.2, 0.25) is 0 Å². The lowest BCUT2D eigenvalue weighted by molar-refractivity contribution is 0.0900. The first-order valence-electron chi connectivity index (χ1n) is 9.50. The van der Waals surface area contributed by atoms with Crippen molar-refractivity contribution in [2.75, 3.05) is 0 Å². The first kappa shape index (κ1) is 18.9. The van der Waals surface area contributed by atoms with E-state index in [0.29, 0.717) is 17.2 Å². The van der Waals surface area contributed by atoms with Crippen LogP contribution in [0.15, 0.2) is 70.3 Å². The Labute approximate surface area is 166 Å². The van der Waals surface area contributed by atoms with E-state index in [9.17, 15) is 18.8 Å². The number of H-pyrrole nitrogens is 1. The van der Waals surface area contributed by atoms with Gasteiger partial charge in [0.05, 0.1) is 11.7 Å². The average Bonchev–Trinajstić information content (AvgIpc) is 2.68. The molecule has 0 radical (unpaired) electrons. The molecule has 29 heavy (non-hydrogen) atoms. The molecule has 3 aromatic rings. The molecule has 1 amide bonds. The van der Waals surface area contributed by atoms with Crippen molar-refractivity contribution in [3.05, 3.63) is 98.3 Å². The zero-order valence-electron chi connectivity index (χ0n) is 15.6.